The largest absolute Gasteiger partial charge is 0.508 e. The van der Waals surface area contributed by atoms with E-state index in [0.29, 0.717) is 23.4 Å². The van der Waals surface area contributed by atoms with Gasteiger partial charge in [0.1, 0.15) is 30.8 Å². The Hall–Kier alpha value is -1.69. The van der Waals surface area contributed by atoms with Crippen LogP contribution in [0, 0.1) is 13.8 Å². The van der Waals surface area contributed by atoms with E-state index in [2.05, 4.69) is 41.1 Å². The zero-order chi connectivity index (χ0) is 19.1. The number of phenols is 1. The molecule has 2 aromatic rings. The predicted molar refractivity (Wildman–Crippen MR) is 105 cm³/mol. The van der Waals surface area contributed by atoms with Crippen LogP contribution in [0.5, 0.6) is 11.5 Å². The smallest absolute Gasteiger partial charge is 0.137 e. The third kappa shape index (κ3) is 4.17. The van der Waals surface area contributed by atoms with Gasteiger partial charge in [-0.05, 0) is 60.7 Å². The number of phenolic OH excluding ortho intramolecular Hbond substituents is 1. The predicted octanol–water partition coefficient (Wildman–Crippen LogP) is 3.51. The highest BCUT2D eigenvalue weighted by molar-refractivity contribution is 7.99. The monoisotopic (exact) mass is 374 g/mol. The van der Waals surface area contributed by atoms with Gasteiger partial charge < -0.3 is 19.4 Å². The summed E-state index contributed by atoms with van der Waals surface area (Å²) in [7, 11) is 6.18. The minimum absolute atomic E-state index is 0.298. The van der Waals surface area contributed by atoms with E-state index in [0.717, 1.165) is 22.6 Å². The number of aliphatic hydroxyl groups is 1. The van der Waals surface area contributed by atoms with Crippen molar-refractivity contribution in [1.29, 1.82) is 0 Å². The molecule has 5 heteroatoms. The van der Waals surface area contributed by atoms with Gasteiger partial charge in [-0.25, -0.2) is 0 Å². The van der Waals surface area contributed by atoms with Crippen molar-refractivity contribution in [3.63, 3.8) is 0 Å². The lowest BCUT2D eigenvalue weighted by Crippen LogP contribution is -2.43. The van der Waals surface area contributed by atoms with Crippen LogP contribution in [0.1, 0.15) is 22.3 Å². The molecule has 0 bridgehead atoms. The van der Waals surface area contributed by atoms with Gasteiger partial charge in [-0.15, -0.1) is 0 Å². The summed E-state index contributed by atoms with van der Waals surface area (Å²) in [6, 6.07) is 7.67. The molecule has 0 spiro atoms. The van der Waals surface area contributed by atoms with Gasteiger partial charge >= 0.3 is 0 Å². The van der Waals surface area contributed by atoms with Crippen LogP contribution in [-0.2, 0) is 6.42 Å². The van der Waals surface area contributed by atoms with E-state index >= 15 is 0 Å². The molecule has 0 amide bonds. The number of hydrogen-bond acceptors (Lipinski definition) is 4. The second-order valence-corrected chi connectivity index (χ2v) is 9.17. The molecule has 140 valence electrons. The van der Waals surface area contributed by atoms with E-state index in [1.165, 1.54) is 21.6 Å². The highest BCUT2D eigenvalue weighted by Crippen LogP contribution is 2.45. The van der Waals surface area contributed by atoms with Crippen LogP contribution in [0.3, 0.4) is 0 Å². The number of likely N-dealkylation sites (N-methyl/N-ethyl adjacent to an activating group) is 1. The Morgan fingerprint density at radius 1 is 1.12 bits per heavy atom. The van der Waals surface area contributed by atoms with Gasteiger partial charge in [-0.2, -0.15) is 0 Å². The molecule has 0 saturated carbocycles. The Kier molecular flexibility index (Phi) is 5.24. The molecular formula is C21H28NO3S+. The second kappa shape index (κ2) is 7.14. The number of rotatable bonds is 5. The van der Waals surface area contributed by atoms with Crippen LogP contribution < -0.4 is 4.74 Å². The van der Waals surface area contributed by atoms with Crippen LogP contribution in [0.15, 0.2) is 34.1 Å². The van der Waals surface area contributed by atoms with Crippen LogP contribution in [0.25, 0.3) is 0 Å². The van der Waals surface area contributed by atoms with Crippen molar-refractivity contribution >= 4 is 11.8 Å². The molecule has 0 radical (unpaired) electrons. The lowest BCUT2D eigenvalue weighted by molar-refractivity contribution is -0.873. The Balaban J connectivity index is 1.82. The van der Waals surface area contributed by atoms with E-state index in [1.807, 2.05) is 12.1 Å². The summed E-state index contributed by atoms with van der Waals surface area (Å²) in [5.41, 5.74) is 4.78. The van der Waals surface area contributed by atoms with Crippen LogP contribution in [0.4, 0.5) is 0 Å². The second-order valence-electron chi connectivity index (χ2n) is 8.12. The topological polar surface area (TPSA) is 49.7 Å². The molecule has 1 heterocycles. The Morgan fingerprint density at radius 2 is 1.85 bits per heavy atom. The SMILES string of the molecule is Cc1c(OCC(O)C[N+](C)(C)C)cc2c(c1C)Sc1cc(O)ccc1C2. The lowest BCUT2D eigenvalue weighted by Gasteiger charge is -2.27. The molecule has 1 unspecified atom stereocenters. The maximum atomic E-state index is 10.2. The molecule has 1 aliphatic heterocycles. The van der Waals surface area contributed by atoms with Gasteiger partial charge in [-0.1, -0.05) is 17.8 Å². The number of ether oxygens (including phenoxy) is 1. The number of fused-ring (bicyclic) bond motifs is 2. The first kappa shape index (κ1) is 19.1. The summed E-state index contributed by atoms with van der Waals surface area (Å²) >= 11 is 1.71. The number of aliphatic hydroxyl groups excluding tert-OH is 1. The molecule has 1 atom stereocenters. The standard InChI is InChI=1S/C21H27NO3S/c1-13-14(2)21-16(8-15-6-7-17(23)10-20(15)26-21)9-19(13)25-12-18(24)11-22(3,4)5/h6-7,9-10,18,24H,8,11-12H2,1-5H3/p+1. The van der Waals surface area contributed by atoms with Crippen molar-refractivity contribution in [3.8, 4) is 11.5 Å². The van der Waals surface area contributed by atoms with E-state index in [-0.39, 0.29) is 0 Å². The third-order valence-corrected chi connectivity index (χ3v) is 6.08. The van der Waals surface area contributed by atoms with Crippen molar-refractivity contribution in [3.05, 3.63) is 46.5 Å². The molecule has 0 saturated heterocycles. The molecule has 2 N–H and O–H groups in total. The lowest BCUT2D eigenvalue weighted by atomic mass is 9.98. The number of aromatic hydroxyl groups is 1. The summed E-state index contributed by atoms with van der Waals surface area (Å²) in [5.74, 6) is 1.16. The summed E-state index contributed by atoms with van der Waals surface area (Å²) in [5, 5.41) is 20.0. The average molecular weight is 375 g/mol. The van der Waals surface area contributed by atoms with Gasteiger partial charge in [0.15, 0.2) is 0 Å². The molecule has 3 rings (SSSR count). The van der Waals surface area contributed by atoms with Crippen molar-refractivity contribution in [2.45, 2.75) is 36.2 Å². The van der Waals surface area contributed by atoms with Crippen molar-refractivity contribution in [2.24, 2.45) is 0 Å². The first-order valence-electron chi connectivity index (χ1n) is 8.88. The number of nitrogens with zero attached hydrogens (tertiary/aromatic N) is 1. The summed E-state index contributed by atoms with van der Waals surface area (Å²) < 4.78 is 6.69. The molecule has 0 aromatic heterocycles. The zero-order valence-electron chi connectivity index (χ0n) is 16.2. The van der Waals surface area contributed by atoms with Crippen molar-refractivity contribution in [1.82, 2.24) is 0 Å². The fourth-order valence-corrected chi connectivity index (χ4v) is 4.56. The Morgan fingerprint density at radius 3 is 2.54 bits per heavy atom. The minimum Gasteiger partial charge on any atom is -0.508 e. The van der Waals surface area contributed by atoms with Crippen molar-refractivity contribution in [2.75, 3.05) is 34.3 Å². The highest BCUT2D eigenvalue weighted by atomic mass is 32.2. The fourth-order valence-electron chi connectivity index (χ4n) is 3.32. The zero-order valence-corrected chi connectivity index (χ0v) is 17.0. The summed E-state index contributed by atoms with van der Waals surface area (Å²) in [4.78, 5) is 2.37. The van der Waals surface area contributed by atoms with Gasteiger partial charge in [0.25, 0.3) is 0 Å². The van der Waals surface area contributed by atoms with Gasteiger partial charge in [0.05, 0.1) is 21.1 Å². The molecule has 1 aliphatic rings. The maximum Gasteiger partial charge on any atom is 0.137 e. The minimum atomic E-state index is -0.496. The molecule has 0 fully saturated rings. The maximum absolute atomic E-state index is 10.2. The first-order valence-corrected chi connectivity index (χ1v) is 9.70. The van der Waals surface area contributed by atoms with Crippen LogP contribution in [0.2, 0.25) is 0 Å². The molecule has 2 aromatic carbocycles. The Bertz CT molecular complexity index is 827. The molecular weight excluding hydrogens is 346 g/mol. The summed E-state index contributed by atoms with van der Waals surface area (Å²) in [6.45, 7) is 5.13. The Labute approximate surface area is 160 Å². The van der Waals surface area contributed by atoms with Crippen LogP contribution in [-0.4, -0.2) is 55.1 Å². The quantitative estimate of drug-likeness (QED) is 0.671. The van der Waals surface area contributed by atoms with Gasteiger partial charge in [0, 0.05) is 9.79 Å². The number of benzene rings is 2. The molecule has 4 nitrogen and oxygen atoms in total. The normalized spacial score (nSPS) is 14.5. The fraction of sp³-hybridized carbons (Fsp3) is 0.429. The van der Waals surface area contributed by atoms with E-state index in [9.17, 15) is 10.2 Å². The number of hydrogen-bond donors (Lipinski definition) is 2. The van der Waals surface area contributed by atoms with Gasteiger partial charge in [0.2, 0.25) is 0 Å². The van der Waals surface area contributed by atoms with E-state index < -0.39 is 6.10 Å². The van der Waals surface area contributed by atoms with E-state index in [1.54, 1.807) is 17.8 Å². The van der Waals surface area contributed by atoms with Crippen LogP contribution >= 0.6 is 11.8 Å². The molecule has 26 heavy (non-hydrogen) atoms. The molecule has 0 aliphatic carbocycles. The first-order chi connectivity index (χ1) is 12.1. The van der Waals surface area contributed by atoms with Crippen molar-refractivity contribution < 1.29 is 19.4 Å². The van der Waals surface area contributed by atoms with E-state index in [4.69, 9.17) is 4.74 Å². The average Bonchev–Trinajstić information content (AvgIpc) is 2.54. The number of quaternary nitrogens is 1. The van der Waals surface area contributed by atoms with Gasteiger partial charge in [-0.3, -0.25) is 0 Å². The third-order valence-electron chi connectivity index (χ3n) is 4.70. The summed E-state index contributed by atoms with van der Waals surface area (Å²) in [6.07, 6.45) is 0.334. The highest BCUT2D eigenvalue weighted by Gasteiger charge is 2.22.